The second-order valence-corrected chi connectivity index (χ2v) is 15.4. The summed E-state index contributed by atoms with van der Waals surface area (Å²) in [5.74, 6) is 0.0826. The van der Waals surface area contributed by atoms with Crippen LogP contribution in [-0.2, 0) is 0 Å². The van der Waals surface area contributed by atoms with E-state index in [0.717, 1.165) is 44.2 Å². The van der Waals surface area contributed by atoms with Gasteiger partial charge < -0.3 is 20.1 Å². The maximum absolute atomic E-state index is 17.2. The van der Waals surface area contributed by atoms with Crippen LogP contribution in [0.2, 0.25) is 0 Å². The molecule has 4 aliphatic heterocycles. The van der Waals surface area contributed by atoms with Gasteiger partial charge in [0.1, 0.15) is 35.3 Å². The first kappa shape index (κ1) is 33.4. The topological polar surface area (TPSA) is 73.8 Å². The molecule has 3 aromatic carbocycles. The van der Waals surface area contributed by atoms with Crippen molar-refractivity contribution in [3.8, 4) is 35.2 Å². The number of phenolic OH excluding ortho intramolecular Hbond substituents is 1. The predicted octanol–water partition coefficient (Wildman–Crippen LogP) is 7.82. The molecule has 3 atom stereocenters. The van der Waals surface area contributed by atoms with Crippen molar-refractivity contribution in [1.29, 1.82) is 0 Å². The van der Waals surface area contributed by atoms with Gasteiger partial charge >= 0.3 is 6.01 Å². The van der Waals surface area contributed by atoms with Gasteiger partial charge in [0.2, 0.25) is 0 Å². The number of halogens is 5. The van der Waals surface area contributed by atoms with Gasteiger partial charge in [-0.15, -0.1) is 6.42 Å². The number of hydrogen-bond donors (Lipinski definition) is 2. The molecule has 270 valence electrons. The van der Waals surface area contributed by atoms with Crippen LogP contribution in [0.5, 0.6) is 11.8 Å². The molecule has 12 heteroatoms. The SMILES string of the molecule is C#Cc1c(F)ccc2cc(O)cc(-c3c(F)cc4c(N5C[C@@H]6CC[C@](C7CCCC7)(C5)N6)nc(OC[C@@]56CCCN5CC(=C(F)F)C6)nc4c3F)c12. The third-order valence-corrected chi connectivity index (χ3v) is 12.5. The van der Waals surface area contributed by atoms with Crippen molar-refractivity contribution in [3.05, 3.63) is 65.0 Å². The average molecular weight is 716 g/mol. The van der Waals surface area contributed by atoms with Gasteiger partial charge in [-0.25, -0.2) is 13.2 Å². The summed E-state index contributed by atoms with van der Waals surface area (Å²) in [6.45, 7) is 1.99. The zero-order valence-electron chi connectivity index (χ0n) is 28.6. The molecular formula is C40H38F5N5O2. The second kappa shape index (κ2) is 12.3. The lowest BCUT2D eigenvalue weighted by molar-refractivity contribution is 0.108. The Labute approximate surface area is 297 Å². The number of nitrogens with zero attached hydrogens (tertiary/aromatic N) is 4. The Bertz CT molecular complexity index is 2210. The minimum Gasteiger partial charge on any atom is -0.508 e. The fourth-order valence-electron chi connectivity index (χ4n) is 10.1. The highest BCUT2D eigenvalue weighted by Gasteiger charge is 2.51. The van der Waals surface area contributed by atoms with Gasteiger partial charge in [-0.3, -0.25) is 4.90 Å². The van der Waals surface area contributed by atoms with E-state index < -0.39 is 34.6 Å². The molecule has 1 aromatic heterocycles. The zero-order valence-corrected chi connectivity index (χ0v) is 28.6. The lowest BCUT2D eigenvalue weighted by Gasteiger charge is -2.45. The van der Waals surface area contributed by atoms with E-state index >= 15 is 8.78 Å². The normalized spacial score (nSPS) is 26.1. The van der Waals surface area contributed by atoms with Crippen molar-refractivity contribution < 1.29 is 31.8 Å². The minimum absolute atomic E-state index is 0.0165. The number of aromatic hydroxyl groups is 1. The van der Waals surface area contributed by atoms with Crippen molar-refractivity contribution >= 4 is 27.5 Å². The lowest BCUT2D eigenvalue weighted by atomic mass is 9.80. The molecule has 5 aliphatic rings. The molecule has 4 aromatic rings. The molecule has 2 N–H and O–H groups in total. The summed E-state index contributed by atoms with van der Waals surface area (Å²) in [5, 5.41) is 15.0. The van der Waals surface area contributed by atoms with Crippen LogP contribution in [0.4, 0.5) is 27.8 Å². The number of nitrogens with one attached hydrogen (secondary N) is 1. The van der Waals surface area contributed by atoms with Gasteiger partial charge in [0, 0.05) is 53.1 Å². The Balaban J connectivity index is 1.20. The fraction of sp³-hybridized carbons (Fsp3) is 0.450. The number of anilines is 1. The van der Waals surface area contributed by atoms with Crippen molar-refractivity contribution in [1.82, 2.24) is 20.2 Å². The van der Waals surface area contributed by atoms with E-state index in [9.17, 15) is 18.3 Å². The first-order valence-electron chi connectivity index (χ1n) is 18.1. The number of fused-ring (bicyclic) bond motifs is 5. The molecule has 5 fully saturated rings. The fourth-order valence-corrected chi connectivity index (χ4v) is 10.1. The van der Waals surface area contributed by atoms with E-state index in [2.05, 4.69) is 21.1 Å². The Kier molecular flexibility index (Phi) is 7.90. The van der Waals surface area contributed by atoms with Crippen molar-refractivity contribution in [3.63, 3.8) is 0 Å². The maximum Gasteiger partial charge on any atom is 0.319 e. The molecule has 0 radical (unpaired) electrons. The van der Waals surface area contributed by atoms with E-state index in [1.54, 1.807) is 0 Å². The molecular weight excluding hydrogens is 677 g/mol. The second-order valence-electron chi connectivity index (χ2n) is 15.4. The Morgan fingerprint density at radius 1 is 1.04 bits per heavy atom. The van der Waals surface area contributed by atoms with Gasteiger partial charge in [0.25, 0.3) is 6.08 Å². The Morgan fingerprint density at radius 2 is 1.87 bits per heavy atom. The van der Waals surface area contributed by atoms with Crippen LogP contribution >= 0.6 is 0 Å². The van der Waals surface area contributed by atoms with Crippen LogP contribution in [0.1, 0.15) is 63.4 Å². The summed E-state index contributed by atoms with van der Waals surface area (Å²) in [4.78, 5) is 13.4. The minimum atomic E-state index is -1.67. The number of benzene rings is 3. The third kappa shape index (κ3) is 5.22. The van der Waals surface area contributed by atoms with E-state index in [-0.39, 0.29) is 75.9 Å². The summed E-state index contributed by atoms with van der Waals surface area (Å²) in [6.07, 6.45) is 12.2. The summed E-state index contributed by atoms with van der Waals surface area (Å²) in [6, 6.07) is 6.27. The Morgan fingerprint density at radius 3 is 2.65 bits per heavy atom. The third-order valence-electron chi connectivity index (χ3n) is 12.5. The highest BCUT2D eigenvalue weighted by atomic mass is 19.3. The number of hydrogen-bond acceptors (Lipinski definition) is 7. The number of ether oxygens (including phenoxy) is 1. The van der Waals surface area contributed by atoms with Crippen LogP contribution in [0.15, 0.2) is 42.0 Å². The number of terminal acetylenes is 1. The number of rotatable bonds is 6. The molecule has 7 nitrogen and oxygen atoms in total. The quantitative estimate of drug-likeness (QED) is 0.156. The van der Waals surface area contributed by atoms with Crippen molar-refractivity contribution in [2.75, 3.05) is 37.7 Å². The standard InChI is InChI=1S/C40H38F5N5O2/c1-2-27-30(41)9-8-22-14-26(51)15-28(32(22)27)33-31(42)16-29-35(34(33)43)46-38(52-21-39-11-5-13-50(39)18-23(17-39)36(44)45)47-37(29)49-19-25-10-12-40(20-49,48-25)24-6-3-4-7-24/h1,8-9,14-16,24-25,48,51H,3-7,10-13,17-21H2/t25-,39-,40+/m0/s1. The van der Waals surface area contributed by atoms with Gasteiger partial charge in [0.05, 0.1) is 16.7 Å². The van der Waals surface area contributed by atoms with Gasteiger partial charge in [0.15, 0.2) is 5.82 Å². The van der Waals surface area contributed by atoms with E-state index in [0.29, 0.717) is 43.2 Å². The molecule has 0 spiro atoms. The molecule has 5 heterocycles. The first-order valence-corrected chi connectivity index (χ1v) is 18.1. The summed E-state index contributed by atoms with van der Waals surface area (Å²) >= 11 is 0. The zero-order chi connectivity index (χ0) is 35.9. The molecule has 1 aliphatic carbocycles. The van der Waals surface area contributed by atoms with Crippen molar-refractivity contribution in [2.45, 2.75) is 74.9 Å². The smallest absolute Gasteiger partial charge is 0.319 e. The molecule has 9 rings (SSSR count). The van der Waals surface area contributed by atoms with Crippen LogP contribution in [-0.4, -0.2) is 69.9 Å². The summed E-state index contributed by atoms with van der Waals surface area (Å²) < 4.78 is 82.4. The predicted molar refractivity (Wildman–Crippen MR) is 188 cm³/mol. The van der Waals surface area contributed by atoms with E-state index in [1.807, 2.05) is 4.90 Å². The van der Waals surface area contributed by atoms with Gasteiger partial charge in [-0.05, 0) is 87.1 Å². The largest absolute Gasteiger partial charge is 0.508 e. The van der Waals surface area contributed by atoms with Crippen molar-refractivity contribution in [2.24, 2.45) is 5.92 Å². The Hall–Kier alpha value is -4.47. The molecule has 0 amide bonds. The monoisotopic (exact) mass is 715 g/mol. The maximum atomic E-state index is 17.2. The average Bonchev–Trinajstić information content (AvgIpc) is 3.92. The number of phenols is 1. The number of piperazine rings is 1. The molecule has 52 heavy (non-hydrogen) atoms. The van der Waals surface area contributed by atoms with Crippen LogP contribution in [0.3, 0.4) is 0 Å². The highest BCUT2D eigenvalue weighted by molar-refractivity contribution is 6.04. The van der Waals surface area contributed by atoms with Crippen LogP contribution in [0.25, 0.3) is 32.8 Å². The van der Waals surface area contributed by atoms with Crippen LogP contribution in [0, 0.1) is 35.7 Å². The highest BCUT2D eigenvalue weighted by Crippen LogP contribution is 2.47. The lowest BCUT2D eigenvalue weighted by Crippen LogP contribution is -2.62. The molecule has 4 saturated heterocycles. The number of aromatic nitrogens is 2. The van der Waals surface area contributed by atoms with Gasteiger partial charge in [-0.2, -0.15) is 18.7 Å². The molecule has 2 bridgehead atoms. The van der Waals surface area contributed by atoms with E-state index in [4.69, 9.17) is 16.1 Å². The van der Waals surface area contributed by atoms with Crippen LogP contribution < -0.4 is 15.0 Å². The first-order chi connectivity index (χ1) is 25.1. The summed E-state index contributed by atoms with van der Waals surface area (Å²) in [5.41, 5.74) is -1.79. The van der Waals surface area contributed by atoms with Gasteiger partial charge in [-0.1, -0.05) is 24.8 Å². The molecule has 1 saturated carbocycles. The van der Waals surface area contributed by atoms with E-state index in [1.165, 1.54) is 31.0 Å². The summed E-state index contributed by atoms with van der Waals surface area (Å²) in [7, 11) is 0. The molecule has 0 unspecified atom stereocenters.